The molecule has 172 valence electrons. The summed E-state index contributed by atoms with van der Waals surface area (Å²) in [6.07, 6.45) is 0. The maximum Gasteiger partial charge on any atom is 0.342 e. The fourth-order valence-electron chi connectivity index (χ4n) is 2.97. The van der Waals surface area contributed by atoms with Crippen molar-refractivity contribution < 1.29 is 33.3 Å². The zero-order chi connectivity index (χ0) is 23.6. The molecule has 0 aliphatic rings. The van der Waals surface area contributed by atoms with Crippen molar-refractivity contribution in [2.24, 2.45) is 0 Å². The first kappa shape index (κ1) is 23.5. The lowest BCUT2D eigenvalue weighted by Crippen LogP contribution is -2.21. The topological polar surface area (TPSA) is 92.3 Å². The number of ether oxygens (including phenoxy) is 5. The number of methoxy groups -OCH3 is 3. The molecule has 0 saturated heterocycles. The Morgan fingerprint density at radius 2 is 1.42 bits per heavy atom. The summed E-state index contributed by atoms with van der Waals surface area (Å²) in [6, 6.07) is 19.7. The minimum absolute atomic E-state index is 0.114. The van der Waals surface area contributed by atoms with Gasteiger partial charge in [0.15, 0.2) is 18.1 Å². The van der Waals surface area contributed by atoms with Crippen LogP contribution in [0.5, 0.6) is 23.0 Å². The molecule has 3 aromatic rings. The Balaban J connectivity index is 1.53. The molecule has 33 heavy (non-hydrogen) atoms. The van der Waals surface area contributed by atoms with Crippen LogP contribution in [0.25, 0.3) is 0 Å². The van der Waals surface area contributed by atoms with E-state index in [1.165, 1.54) is 33.5 Å². The molecule has 0 aliphatic carbocycles. The lowest BCUT2D eigenvalue weighted by atomic mass is 10.1. The molecule has 1 N–H and O–H groups in total. The molecule has 3 aromatic carbocycles. The molecule has 0 unspecified atom stereocenters. The predicted molar refractivity (Wildman–Crippen MR) is 122 cm³/mol. The number of benzene rings is 3. The molecule has 0 aromatic heterocycles. The molecule has 3 rings (SSSR count). The quantitative estimate of drug-likeness (QED) is 0.464. The number of carbonyl (C=O) groups excluding carboxylic acids is 2. The SMILES string of the molecule is COc1cc(OC)c(C(=O)OCC(=O)Nc2ccc(OCc3ccccc3)cc2)cc1OC. The molecule has 0 aliphatic heterocycles. The van der Waals surface area contributed by atoms with Crippen LogP contribution in [0.2, 0.25) is 0 Å². The van der Waals surface area contributed by atoms with E-state index < -0.39 is 18.5 Å². The smallest absolute Gasteiger partial charge is 0.342 e. The lowest BCUT2D eigenvalue weighted by molar-refractivity contribution is -0.119. The monoisotopic (exact) mass is 451 g/mol. The largest absolute Gasteiger partial charge is 0.496 e. The summed E-state index contributed by atoms with van der Waals surface area (Å²) in [6.45, 7) is -0.0231. The van der Waals surface area contributed by atoms with E-state index in [2.05, 4.69) is 5.32 Å². The van der Waals surface area contributed by atoms with Crippen LogP contribution in [0.1, 0.15) is 15.9 Å². The van der Waals surface area contributed by atoms with Gasteiger partial charge in [-0.15, -0.1) is 0 Å². The van der Waals surface area contributed by atoms with E-state index in [0.29, 0.717) is 29.5 Å². The molecule has 0 radical (unpaired) electrons. The maximum absolute atomic E-state index is 12.5. The molecule has 1 amide bonds. The lowest BCUT2D eigenvalue weighted by Gasteiger charge is -2.13. The molecular formula is C25H25NO7. The second-order valence-corrected chi connectivity index (χ2v) is 6.83. The summed E-state index contributed by atoms with van der Waals surface area (Å²) in [5, 5.41) is 2.67. The van der Waals surface area contributed by atoms with E-state index in [1.54, 1.807) is 24.3 Å². The fraction of sp³-hybridized carbons (Fsp3) is 0.200. The van der Waals surface area contributed by atoms with Crippen molar-refractivity contribution in [3.8, 4) is 23.0 Å². The highest BCUT2D eigenvalue weighted by molar-refractivity contribution is 5.97. The van der Waals surface area contributed by atoms with E-state index >= 15 is 0 Å². The van der Waals surface area contributed by atoms with Crippen molar-refractivity contribution in [2.75, 3.05) is 33.3 Å². The van der Waals surface area contributed by atoms with Crippen molar-refractivity contribution in [2.45, 2.75) is 6.61 Å². The molecule has 0 saturated carbocycles. The summed E-state index contributed by atoms with van der Waals surface area (Å²) in [7, 11) is 4.34. The van der Waals surface area contributed by atoms with E-state index in [9.17, 15) is 9.59 Å². The molecule has 8 nitrogen and oxygen atoms in total. The van der Waals surface area contributed by atoms with Gasteiger partial charge in [-0.05, 0) is 29.8 Å². The summed E-state index contributed by atoms with van der Waals surface area (Å²) in [4.78, 5) is 24.7. The zero-order valence-electron chi connectivity index (χ0n) is 18.6. The number of hydrogen-bond donors (Lipinski definition) is 1. The summed E-state index contributed by atoms with van der Waals surface area (Å²) < 4.78 is 26.5. The van der Waals surface area contributed by atoms with Gasteiger partial charge in [-0.2, -0.15) is 0 Å². The Hall–Kier alpha value is -4.20. The van der Waals surface area contributed by atoms with Gasteiger partial charge >= 0.3 is 5.97 Å². The van der Waals surface area contributed by atoms with Crippen molar-refractivity contribution in [1.29, 1.82) is 0 Å². The van der Waals surface area contributed by atoms with Crippen molar-refractivity contribution in [1.82, 2.24) is 0 Å². The number of amides is 1. The van der Waals surface area contributed by atoms with Gasteiger partial charge in [0, 0.05) is 17.8 Å². The van der Waals surface area contributed by atoms with E-state index in [1.807, 2.05) is 30.3 Å². The van der Waals surface area contributed by atoms with Gasteiger partial charge in [0.25, 0.3) is 5.91 Å². The van der Waals surface area contributed by atoms with Gasteiger partial charge < -0.3 is 29.0 Å². The van der Waals surface area contributed by atoms with Gasteiger partial charge in [-0.25, -0.2) is 4.79 Å². The highest BCUT2D eigenvalue weighted by Gasteiger charge is 2.20. The zero-order valence-corrected chi connectivity index (χ0v) is 18.6. The third kappa shape index (κ3) is 6.39. The fourth-order valence-corrected chi connectivity index (χ4v) is 2.97. The Kier molecular flexibility index (Phi) is 8.13. The normalized spacial score (nSPS) is 10.2. The van der Waals surface area contributed by atoms with Gasteiger partial charge in [0.1, 0.15) is 23.7 Å². The molecular weight excluding hydrogens is 426 g/mol. The van der Waals surface area contributed by atoms with Crippen LogP contribution in [0.3, 0.4) is 0 Å². The minimum atomic E-state index is -0.729. The van der Waals surface area contributed by atoms with Crippen LogP contribution in [0, 0.1) is 0 Å². The minimum Gasteiger partial charge on any atom is -0.496 e. The number of rotatable bonds is 10. The van der Waals surface area contributed by atoms with Crippen LogP contribution in [-0.2, 0) is 16.1 Å². The predicted octanol–water partition coefficient (Wildman–Crippen LogP) is 4.09. The second-order valence-electron chi connectivity index (χ2n) is 6.83. The molecule has 0 bridgehead atoms. The van der Waals surface area contributed by atoms with Crippen molar-refractivity contribution in [3.05, 3.63) is 77.9 Å². The van der Waals surface area contributed by atoms with Crippen LogP contribution < -0.4 is 24.3 Å². The Morgan fingerprint density at radius 3 is 2.06 bits per heavy atom. The molecule has 8 heteroatoms. The number of anilines is 1. The van der Waals surface area contributed by atoms with Crippen molar-refractivity contribution >= 4 is 17.6 Å². The highest BCUT2D eigenvalue weighted by atomic mass is 16.5. The molecule has 0 fully saturated rings. The van der Waals surface area contributed by atoms with Gasteiger partial charge in [0.05, 0.1) is 21.3 Å². The van der Waals surface area contributed by atoms with Gasteiger partial charge in [0.2, 0.25) is 0 Å². The Bertz CT molecular complexity index is 1080. The summed E-state index contributed by atoms with van der Waals surface area (Å²) in [5.41, 5.74) is 1.72. The first-order valence-electron chi connectivity index (χ1n) is 10.1. The number of carbonyl (C=O) groups is 2. The van der Waals surface area contributed by atoms with E-state index in [0.717, 1.165) is 5.56 Å². The maximum atomic E-state index is 12.5. The van der Waals surface area contributed by atoms with Crippen LogP contribution in [0.15, 0.2) is 66.7 Å². The molecule has 0 spiro atoms. The number of hydrogen-bond acceptors (Lipinski definition) is 7. The van der Waals surface area contributed by atoms with E-state index in [-0.39, 0.29) is 11.3 Å². The first-order valence-corrected chi connectivity index (χ1v) is 10.1. The average Bonchev–Trinajstić information content (AvgIpc) is 2.86. The molecule has 0 atom stereocenters. The number of nitrogens with one attached hydrogen (secondary N) is 1. The summed E-state index contributed by atoms with van der Waals surface area (Å²) >= 11 is 0. The third-order valence-electron chi connectivity index (χ3n) is 4.65. The van der Waals surface area contributed by atoms with Crippen LogP contribution >= 0.6 is 0 Å². The second kappa shape index (κ2) is 11.4. The Morgan fingerprint density at radius 1 is 0.788 bits per heavy atom. The van der Waals surface area contributed by atoms with Crippen LogP contribution in [0.4, 0.5) is 5.69 Å². The van der Waals surface area contributed by atoms with Crippen molar-refractivity contribution in [3.63, 3.8) is 0 Å². The average molecular weight is 451 g/mol. The Labute approximate surface area is 192 Å². The standard InChI is InChI=1S/C25H25NO7/c1-29-21-14-23(31-3)22(30-2)13-20(21)25(28)33-16-24(27)26-18-9-11-19(12-10-18)32-15-17-7-5-4-6-8-17/h4-14H,15-16H2,1-3H3,(H,26,27). The van der Waals surface area contributed by atoms with E-state index in [4.69, 9.17) is 23.7 Å². The van der Waals surface area contributed by atoms with Crippen LogP contribution in [-0.4, -0.2) is 39.8 Å². The number of esters is 1. The highest BCUT2D eigenvalue weighted by Crippen LogP contribution is 2.34. The van der Waals surface area contributed by atoms with Gasteiger partial charge in [-0.3, -0.25) is 4.79 Å². The summed E-state index contributed by atoms with van der Waals surface area (Å²) in [5.74, 6) is 0.436. The van der Waals surface area contributed by atoms with Gasteiger partial charge in [-0.1, -0.05) is 30.3 Å². The third-order valence-corrected chi connectivity index (χ3v) is 4.65. The molecule has 0 heterocycles. The first-order chi connectivity index (χ1) is 16.0.